The van der Waals surface area contributed by atoms with E-state index in [1.807, 2.05) is 42.5 Å². The number of fused-ring (bicyclic) bond motifs is 1. The van der Waals surface area contributed by atoms with Crippen LogP contribution >= 0.6 is 15.9 Å². The zero-order valence-electron chi connectivity index (χ0n) is 8.94. The van der Waals surface area contributed by atoms with E-state index in [1.54, 1.807) is 0 Å². The molecule has 3 aromatic rings. The van der Waals surface area contributed by atoms with E-state index in [0.717, 1.165) is 26.9 Å². The molecule has 0 atom stereocenters. The fourth-order valence-corrected chi connectivity index (χ4v) is 2.32. The van der Waals surface area contributed by atoms with Gasteiger partial charge in [-0.25, -0.2) is 4.98 Å². The quantitative estimate of drug-likeness (QED) is 0.672. The van der Waals surface area contributed by atoms with Gasteiger partial charge in [-0.15, -0.1) is 0 Å². The van der Waals surface area contributed by atoms with E-state index < -0.39 is 0 Å². The van der Waals surface area contributed by atoms with Crippen molar-refractivity contribution in [2.24, 2.45) is 0 Å². The Labute approximate surface area is 107 Å². The predicted molar refractivity (Wildman–Crippen MR) is 73.6 cm³/mol. The predicted octanol–water partition coefficient (Wildman–Crippen LogP) is 3.57. The van der Waals surface area contributed by atoms with Crippen LogP contribution in [0.2, 0.25) is 0 Å². The minimum Gasteiger partial charge on any atom is -0.397 e. The van der Waals surface area contributed by atoms with Gasteiger partial charge in [-0.1, -0.05) is 46.3 Å². The number of anilines is 1. The molecule has 0 saturated heterocycles. The summed E-state index contributed by atoms with van der Waals surface area (Å²) in [4.78, 5) is 7.79. The number of aromatic amines is 1. The second-order valence-corrected chi connectivity index (χ2v) is 4.76. The highest BCUT2D eigenvalue weighted by Crippen LogP contribution is 2.27. The Balaban J connectivity index is 2.24. The molecule has 0 fully saturated rings. The molecule has 0 aliphatic rings. The molecule has 1 aromatic heterocycles. The molecular formula is C13H10BrN3. The molecule has 84 valence electrons. The fourth-order valence-electron chi connectivity index (χ4n) is 1.84. The number of nitrogens with zero attached hydrogens (tertiary/aromatic N) is 1. The van der Waals surface area contributed by atoms with Crippen LogP contribution in [0.15, 0.2) is 46.9 Å². The van der Waals surface area contributed by atoms with E-state index in [0.29, 0.717) is 5.69 Å². The van der Waals surface area contributed by atoms with Crippen LogP contribution < -0.4 is 5.73 Å². The van der Waals surface area contributed by atoms with Crippen molar-refractivity contribution in [3.8, 4) is 11.4 Å². The number of rotatable bonds is 1. The van der Waals surface area contributed by atoms with Gasteiger partial charge in [-0.05, 0) is 12.1 Å². The van der Waals surface area contributed by atoms with E-state index in [4.69, 9.17) is 5.73 Å². The number of nitrogens with two attached hydrogens (primary N) is 1. The van der Waals surface area contributed by atoms with Crippen molar-refractivity contribution in [2.45, 2.75) is 0 Å². The van der Waals surface area contributed by atoms with Gasteiger partial charge in [-0.2, -0.15) is 0 Å². The lowest BCUT2D eigenvalue weighted by Gasteiger charge is -1.94. The Kier molecular flexibility index (Phi) is 2.37. The average Bonchev–Trinajstić information content (AvgIpc) is 2.74. The third kappa shape index (κ3) is 1.80. The van der Waals surface area contributed by atoms with Crippen LogP contribution in [0.25, 0.3) is 22.4 Å². The van der Waals surface area contributed by atoms with Gasteiger partial charge in [0.25, 0.3) is 0 Å². The maximum atomic E-state index is 5.94. The number of halogens is 1. The largest absolute Gasteiger partial charge is 0.397 e. The summed E-state index contributed by atoms with van der Waals surface area (Å²) in [5.74, 6) is 0.838. The lowest BCUT2D eigenvalue weighted by molar-refractivity contribution is 1.34. The van der Waals surface area contributed by atoms with Crippen LogP contribution in [0.4, 0.5) is 5.69 Å². The Morgan fingerprint density at radius 2 is 1.88 bits per heavy atom. The molecule has 3 nitrogen and oxygen atoms in total. The van der Waals surface area contributed by atoms with E-state index in [9.17, 15) is 0 Å². The molecule has 0 saturated carbocycles. The zero-order chi connectivity index (χ0) is 11.8. The van der Waals surface area contributed by atoms with E-state index in [2.05, 4.69) is 25.9 Å². The lowest BCUT2D eigenvalue weighted by Crippen LogP contribution is -1.86. The van der Waals surface area contributed by atoms with E-state index in [-0.39, 0.29) is 0 Å². The number of H-pyrrole nitrogens is 1. The second kappa shape index (κ2) is 3.89. The van der Waals surface area contributed by atoms with Gasteiger partial charge >= 0.3 is 0 Å². The smallest absolute Gasteiger partial charge is 0.138 e. The van der Waals surface area contributed by atoms with E-state index in [1.165, 1.54) is 0 Å². The highest BCUT2D eigenvalue weighted by molar-refractivity contribution is 9.10. The van der Waals surface area contributed by atoms with Gasteiger partial charge in [0.2, 0.25) is 0 Å². The molecule has 0 spiro atoms. The Hall–Kier alpha value is -1.81. The van der Waals surface area contributed by atoms with Crippen LogP contribution in [0.1, 0.15) is 0 Å². The van der Waals surface area contributed by atoms with Gasteiger partial charge in [0.15, 0.2) is 0 Å². The molecule has 4 heteroatoms. The number of imidazole rings is 1. The Morgan fingerprint density at radius 1 is 1.12 bits per heavy atom. The first kappa shape index (κ1) is 10.4. The fraction of sp³-hybridized carbons (Fsp3) is 0. The molecule has 2 aromatic carbocycles. The van der Waals surface area contributed by atoms with Crippen molar-refractivity contribution in [3.05, 3.63) is 46.9 Å². The van der Waals surface area contributed by atoms with Crippen LogP contribution in [-0.4, -0.2) is 9.97 Å². The monoisotopic (exact) mass is 287 g/mol. The lowest BCUT2D eigenvalue weighted by atomic mass is 10.2. The molecule has 0 unspecified atom stereocenters. The normalized spacial score (nSPS) is 10.9. The minimum absolute atomic E-state index is 0.674. The SMILES string of the molecule is Nc1cc(Br)cc2[nH]c(-c3ccccc3)nc12. The molecule has 0 aliphatic heterocycles. The number of nitrogens with one attached hydrogen (secondary N) is 1. The van der Waals surface area contributed by atoms with Crippen LogP contribution in [0.3, 0.4) is 0 Å². The van der Waals surface area contributed by atoms with Crippen molar-refractivity contribution in [1.82, 2.24) is 9.97 Å². The van der Waals surface area contributed by atoms with Gasteiger partial charge in [0.05, 0.1) is 11.2 Å². The summed E-state index contributed by atoms with van der Waals surface area (Å²) in [7, 11) is 0. The third-order valence-corrected chi connectivity index (χ3v) is 3.09. The number of hydrogen-bond acceptors (Lipinski definition) is 2. The van der Waals surface area contributed by atoms with Gasteiger partial charge < -0.3 is 10.7 Å². The third-order valence-electron chi connectivity index (χ3n) is 2.63. The maximum absolute atomic E-state index is 5.94. The molecule has 3 rings (SSSR count). The standard InChI is InChI=1S/C13H10BrN3/c14-9-6-10(15)12-11(7-9)16-13(17-12)8-4-2-1-3-5-8/h1-7H,15H2,(H,16,17). The molecular weight excluding hydrogens is 278 g/mol. The van der Waals surface area contributed by atoms with Gasteiger partial charge in [-0.3, -0.25) is 0 Å². The molecule has 0 amide bonds. The summed E-state index contributed by atoms with van der Waals surface area (Å²) in [5.41, 5.74) is 9.42. The van der Waals surface area contributed by atoms with Gasteiger partial charge in [0.1, 0.15) is 11.3 Å². The molecule has 3 N–H and O–H groups in total. The maximum Gasteiger partial charge on any atom is 0.138 e. The number of nitrogen functional groups attached to an aromatic ring is 1. The summed E-state index contributed by atoms with van der Waals surface area (Å²) in [5, 5.41) is 0. The van der Waals surface area contributed by atoms with Crippen LogP contribution in [0.5, 0.6) is 0 Å². The van der Waals surface area contributed by atoms with Crippen LogP contribution in [-0.2, 0) is 0 Å². The Bertz CT molecular complexity index is 674. The summed E-state index contributed by atoms with van der Waals surface area (Å²) in [6.45, 7) is 0. The first-order valence-electron chi connectivity index (χ1n) is 5.24. The molecule has 0 bridgehead atoms. The zero-order valence-corrected chi connectivity index (χ0v) is 10.5. The highest BCUT2D eigenvalue weighted by Gasteiger charge is 2.08. The van der Waals surface area contributed by atoms with Crippen molar-refractivity contribution >= 4 is 32.7 Å². The number of hydrogen-bond donors (Lipinski definition) is 2. The second-order valence-electron chi connectivity index (χ2n) is 3.84. The number of aromatic nitrogens is 2. The first-order valence-corrected chi connectivity index (χ1v) is 6.03. The van der Waals surface area contributed by atoms with Crippen molar-refractivity contribution in [2.75, 3.05) is 5.73 Å². The Morgan fingerprint density at radius 3 is 2.65 bits per heavy atom. The molecule has 17 heavy (non-hydrogen) atoms. The van der Waals surface area contributed by atoms with Crippen LogP contribution in [0, 0.1) is 0 Å². The van der Waals surface area contributed by atoms with Crippen molar-refractivity contribution in [3.63, 3.8) is 0 Å². The number of benzene rings is 2. The molecule has 1 heterocycles. The summed E-state index contributed by atoms with van der Waals surface area (Å²) < 4.78 is 0.950. The highest BCUT2D eigenvalue weighted by atomic mass is 79.9. The first-order chi connectivity index (χ1) is 8.24. The van der Waals surface area contributed by atoms with Gasteiger partial charge in [0, 0.05) is 10.0 Å². The molecule has 0 radical (unpaired) electrons. The average molecular weight is 288 g/mol. The van der Waals surface area contributed by atoms with Crippen molar-refractivity contribution < 1.29 is 0 Å². The minimum atomic E-state index is 0.674. The summed E-state index contributed by atoms with van der Waals surface area (Å²) in [6.07, 6.45) is 0. The van der Waals surface area contributed by atoms with Crippen molar-refractivity contribution in [1.29, 1.82) is 0 Å². The van der Waals surface area contributed by atoms with E-state index >= 15 is 0 Å². The summed E-state index contributed by atoms with van der Waals surface area (Å²) >= 11 is 3.42. The molecule has 0 aliphatic carbocycles. The topological polar surface area (TPSA) is 54.7 Å². The summed E-state index contributed by atoms with van der Waals surface area (Å²) in [6, 6.07) is 13.8.